The Labute approximate surface area is 302 Å². The number of nitrogens with zero attached hydrogens (tertiary/aromatic N) is 4. The van der Waals surface area contributed by atoms with E-state index in [2.05, 4.69) is 91.7 Å². The summed E-state index contributed by atoms with van der Waals surface area (Å²) in [5, 5.41) is 14.6. The lowest BCUT2D eigenvalue weighted by Crippen LogP contribution is -2.63. The van der Waals surface area contributed by atoms with Crippen LogP contribution in [0.1, 0.15) is 114 Å². The van der Waals surface area contributed by atoms with Gasteiger partial charge < -0.3 is 19.6 Å². The minimum absolute atomic E-state index is 0.0738. The van der Waals surface area contributed by atoms with E-state index in [1.54, 1.807) is 7.11 Å². The predicted molar refractivity (Wildman–Crippen MR) is 194 cm³/mol. The number of nitrogens with one attached hydrogen (secondary N) is 1. The van der Waals surface area contributed by atoms with E-state index in [1.807, 2.05) is 16.9 Å². The van der Waals surface area contributed by atoms with E-state index in [-0.39, 0.29) is 28.4 Å². The number of rotatable bonds is 10. The molecule has 1 N–H and O–H groups in total. The smallest absolute Gasteiger partial charge is 0.308 e. The minimum atomic E-state index is -0.302. The molecule has 2 heterocycles. The van der Waals surface area contributed by atoms with E-state index in [1.165, 1.54) is 23.6 Å². The molecule has 1 aliphatic heterocycles. The highest BCUT2D eigenvalue weighted by Gasteiger charge is 2.58. The molecule has 274 valence electrons. The fourth-order valence-electron chi connectivity index (χ4n) is 10.8. The summed E-state index contributed by atoms with van der Waals surface area (Å²) in [6, 6.07) is 15.0. The van der Waals surface area contributed by atoms with E-state index in [0.717, 1.165) is 50.0 Å². The molecule has 10 nitrogen and oxygen atoms in total. The highest BCUT2D eigenvalue weighted by molar-refractivity contribution is 5.87. The van der Waals surface area contributed by atoms with Crippen LogP contribution in [0, 0.1) is 17.3 Å². The lowest BCUT2D eigenvalue weighted by Gasteiger charge is -2.53. The van der Waals surface area contributed by atoms with Crippen LogP contribution in [0.2, 0.25) is 0 Å². The summed E-state index contributed by atoms with van der Waals surface area (Å²) in [6.07, 6.45) is 8.50. The molecule has 1 saturated heterocycles. The zero-order chi connectivity index (χ0) is 36.1. The number of aryl methyl sites for hydroxylation is 1. The highest BCUT2D eigenvalue weighted by atomic mass is 16.7. The third kappa shape index (κ3) is 6.99. The van der Waals surface area contributed by atoms with Crippen molar-refractivity contribution in [1.82, 2.24) is 25.4 Å². The van der Waals surface area contributed by atoms with Gasteiger partial charge in [0.1, 0.15) is 23.9 Å². The Morgan fingerprint density at radius 1 is 0.961 bits per heavy atom. The van der Waals surface area contributed by atoms with Gasteiger partial charge in [-0.25, -0.2) is 4.68 Å². The summed E-state index contributed by atoms with van der Waals surface area (Å²) in [6.45, 7) is 14.3. The Hall–Kier alpha value is -3.60. The number of hydrogen-bond donors (Lipinski definition) is 1. The van der Waals surface area contributed by atoms with Crippen molar-refractivity contribution in [2.75, 3.05) is 13.7 Å². The van der Waals surface area contributed by atoms with Gasteiger partial charge in [-0.3, -0.25) is 9.59 Å². The number of ether oxygens (including phenoxy) is 2. The van der Waals surface area contributed by atoms with E-state index in [0.29, 0.717) is 61.4 Å². The first-order valence-corrected chi connectivity index (χ1v) is 18.8. The Morgan fingerprint density at radius 2 is 1.69 bits per heavy atom. The van der Waals surface area contributed by atoms with Crippen LogP contribution >= 0.6 is 0 Å². The van der Waals surface area contributed by atoms with Gasteiger partial charge in [-0.2, -0.15) is 5.06 Å². The van der Waals surface area contributed by atoms with Crippen molar-refractivity contribution < 1.29 is 23.9 Å². The SMILES string of the molecule is CON1C(C)(C)CC(NCc2cn(CCOc3ccc([C@H]4C[C@]5(C)C(=O)CCC5C5CCc6cc(OC(C)=O)ccc6C54)cc3)nn2)CC1(C)C. The standard InChI is InChI=1S/C41H55N5O5/c1-26(47)51-32-13-15-33-28(20-32)10-14-34-36-16-17-37(48)41(36,6)23-35(38(33)34)27-8-11-31(12-9-27)50-19-18-45-25-30(43-44-45)24-42-29-21-39(2,3)46(49-7)40(4,5)22-29/h8-9,11-13,15,20,25,29,34-36,38,42H,10,14,16-19,21-24H2,1-7H3/t34?,35-,36?,38?,41+/m1/s1. The second-order valence-electron chi connectivity index (χ2n) is 17.0. The summed E-state index contributed by atoms with van der Waals surface area (Å²) in [5.41, 5.74) is 4.35. The van der Waals surface area contributed by atoms with Crippen molar-refractivity contribution in [3.05, 3.63) is 71.0 Å². The van der Waals surface area contributed by atoms with Crippen LogP contribution in [-0.2, 0) is 33.9 Å². The number of Topliss-reactive ketones (excluding diaryl/α,β-unsaturated/α-hetero) is 1. The molecule has 51 heavy (non-hydrogen) atoms. The molecule has 7 rings (SSSR count). The predicted octanol–water partition coefficient (Wildman–Crippen LogP) is 6.77. The summed E-state index contributed by atoms with van der Waals surface area (Å²) < 4.78 is 13.5. The average Bonchev–Trinajstić information content (AvgIpc) is 3.65. The van der Waals surface area contributed by atoms with Gasteiger partial charge in [-0.1, -0.05) is 30.3 Å². The van der Waals surface area contributed by atoms with Crippen LogP contribution in [0.25, 0.3) is 0 Å². The molecule has 4 aliphatic rings. The molecule has 3 aromatic rings. The number of benzene rings is 2. The molecule has 3 fully saturated rings. The molecule has 10 heteroatoms. The fourth-order valence-corrected chi connectivity index (χ4v) is 10.8. The van der Waals surface area contributed by atoms with Crippen LogP contribution < -0.4 is 14.8 Å². The van der Waals surface area contributed by atoms with Gasteiger partial charge in [-0.15, -0.1) is 5.10 Å². The largest absolute Gasteiger partial charge is 0.492 e. The maximum Gasteiger partial charge on any atom is 0.308 e. The van der Waals surface area contributed by atoms with Crippen molar-refractivity contribution in [3.8, 4) is 11.5 Å². The van der Waals surface area contributed by atoms with Crippen LogP contribution in [0.5, 0.6) is 11.5 Å². The maximum absolute atomic E-state index is 13.4. The van der Waals surface area contributed by atoms with Gasteiger partial charge in [0.05, 0.1) is 19.3 Å². The molecule has 3 aliphatic carbocycles. The number of carbonyl (C=O) groups excluding carboxylic acids is 2. The van der Waals surface area contributed by atoms with Gasteiger partial charge in [0.2, 0.25) is 0 Å². The average molecular weight is 698 g/mol. The molecular formula is C41H55N5O5. The Kier molecular flexibility index (Phi) is 9.65. The van der Waals surface area contributed by atoms with E-state index in [9.17, 15) is 9.59 Å². The van der Waals surface area contributed by atoms with Crippen LogP contribution in [0.3, 0.4) is 0 Å². The van der Waals surface area contributed by atoms with Crippen molar-refractivity contribution >= 4 is 11.8 Å². The van der Waals surface area contributed by atoms with Gasteiger partial charge in [0.15, 0.2) is 0 Å². The lowest BCUT2D eigenvalue weighted by molar-refractivity contribution is -0.267. The molecule has 0 amide bonds. The third-order valence-electron chi connectivity index (χ3n) is 12.5. The molecule has 5 atom stereocenters. The van der Waals surface area contributed by atoms with Crippen LogP contribution in [0.15, 0.2) is 48.7 Å². The van der Waals surface area contributed by atoms with E-state index < -0.39 is 0 Å². The Balaban J connectivity index is 0.984. The Bertz CT molecular complexity index is 1730. The van der Waals surface area contributed by atoms with Gasteiger partial charge in [0, 0.05) is 48.6 Å². The topological polar surface area (TPSA) is 108 Å². The van der Waals surface area contributed by atoms with Gasteiger partial charge >= 0.3 is 5.97 Å². The number of aromatic nitrogens is 3. The summed E-state index contributed by atoms with van der Waals surface area (Å²) in [5.74, 6) is 2.96. The first-order valence-electron chi connectivity index (χ1n) is 18.8. The number of ketones is 1. The number of piperidine rings is 1. The Morgan fingerprint density at radius 3 is 2.39 bits per heavy atom. The first kappa shape index (κ1) is 35.8. The number of hydrogen-bond acceptors (Lipinski definition) is 9. The van der Waals surface area contributed by atoms with Gasteiger partial charge in [0.25, 0.3) is 0 Å². The normalized spacial score (nSPS) is 28.5. The molecule has 0 bridgehead atoms. The third-order valence-corrected chi connectivity index (χ3v) is 12.5. The summed E-state index contributed by atoms with van der Waals surface area (Å²) in [7, 11) is 1.76. The number of esters is 1. The van der Waals surface area contributed by atoms with Crippen molar-refractivity contribution in [2.45, 2.75) is 129 Å². The van der Waals surface area contributed by atoms with Crippen molar-refractivity contribution in [2.24, 2.45) is 17.3 Å². The fraction of sp³-hybridized carbons (Fsp3) is 0.610. The second-order valence-corrected chi connectivity index (χ2v) is 17.0. The molecule has 0 radical (unpaired) electrons. The molecule has 1 aromatic heterocycles. The molecule has 0 spiro atoms. The first-order chi connectivity index (χ1) is 24.3. The molecule has 2 aromatic carbocycles. The molecular weight excluding hydrogens is 642 g/mol. The number of fused-ring (bicyclic) bond motifs is 5. The van der Waals surface area contributed by atoms with Crippen LogP contribution in [0.4, 0.5) is 0 Å². The zero-order valence-corrected chi connectivity index (χ0v) is 31.4. The monoisotopic (exact) mass is 697 g/mol. The highest BCUT2D eigenvalue weighted by Crippen LogP contribution is 2.64. The summed E-state index contributed by atoms with van der Waals surface area (Å²) in [4.78, 5) is 30.7. The number of carbonyl (C=O) groups is 2. The minimum Gasteiger partial charge on any atom is -0.492 e. The quantitative estimate of drug-likeness (QED) is 0.181. The van der Waals surface area contributed by atoms with Crippen molar-refractivity contribution in [3.63, 3.8) is 0 Å². The maximum atomic E-state index is 13.4. The second kappa shape index (κ2) is 13.7. The number of hydroxylamine groups is 2. The van der Waals surface area contributed by atoms with Gasteiger partial charge in [-0.05, 0) is 131 Å². The zero-order valence-electron chi connectivity index (χ0n) is 31.4. The van der Waals surface area contributed by atoms with Crippen LogP contribution in [-0.4, -0.2) is 62.6 Å². The van der Waals surface area contributed by atoms with E-state index >= 15 is 0 Å². The van der Waals surface area contributed by atoms with Crippen molar-refractivity contribution in [1.29, 1.82) is 0 Å². The summed E-state index contributed by atoms with van der Waals surface area (Å²) >= 11 is 0. The molecule has 2 saturated carbocycles. The molecule has 3 unspecified atom stereocenters. The lowest BCUT2D eigenvalue weighted by atomic mass is 9.51. The van der Waals surface area contributed by atoms with E-state index in [4.69, 9.17) is 14.3 Å².